The van der Waals surface area contributed by atoms with Crippen LogP contribution in [-0.2, 0) is 11.3 Å². The molecule has 31 heavy (non-hydrogen) atoms. The fraction of sp³-hybridized carbons (Fsp3) is 0.190. The maximum atomic E-state index is 12.4. The van der Waals surface area contributed by atoms with Gasteiger partial charge in [0.15, 0.2) is 5.16 Å². The minimum atomic E-state index is -0.175. The zero-order valence-electron chi connectivity index (χ0n) is 17.0. The Morgan fingerprint density at radius 2 is 1.90 bits per heavy atom. The van der Waals surface area contributed by atoms with E-state index >= 15 is 0 Å². The maximum absolute atomic E-state index is 12.4. The Hall–Kier alpha value is -3.66. The van der Waals surface area contributed by atoms with Crippen molar-refractivity contribution in [3.63, 3.8) is 0 Å². The largest absolute Gasteiger partial charge is 0.495 e. The van der Waals surface area contributed by atoms with E-state index in [1.165, 1.54) is 11.8 Å². The number of aromatic nitrogens is 5. The number of thioether (sulfide) groups is 1. The van der Waals surface area contributed by atoms with Gasteiger partial charge < -0.3 is 14.6 Å². The van der Waals surface area contributed by atoms with Crippen LogP contribution >= 0.6 is 11.8 Å². The number of ether oxygens (including phenoxy) is 1. The molecule has 0 radical (unpaired) electrons. The van der Waals surface area contributed by atoms with E-state index in [0.717, 1.165) is 5.56 Å². The highest BCUT2D eigenvalue weighted by molar-refractivity contribution is 7.99. The van der Waals surface area contributed by atoms with Gasteiger partial charge in [-0.15, -0.1) is 10.2 Å². The summed E-state index contributed by atoms with van der Waals surface area (Å²) in [6, 6.07) is 16.8. The van der Waals surface area contributed by atoms with Gasteiger partial charge in [-0.2, -0.15) is 4.98 Å². The third-order valence-electron chi connectivity index (χ3n) is 4.40. The third-order valence-corrected chi connectivity index (χ3v) is 5.36. The summed E-state index contributed by atoms with van der Waals surface area (Å²) in [5.41, 5.74) is 1.47. The summed E-state index contributed by atoms with van der Waals surface area (Å²) in [4.78, 5) is 16.8. The van der Waals surface area contributed by atoms with Crippen molar-refractivity contribution >= 4 is 23.4 Å². The normalized spacial score (nSPS) is 10.8. The van der Waals surface area contributed by atoms with Crippen LogP contribution in [-0.4, -0.2) is 43.7 Å². The Morgan fingerprint density at radius 3 is 2.68 bits per heavy atom. The third kappa shape index (κ3) is 4.58. The molecule has 4 aromatic rings. The summed E-state index contributed by atoms with van der Waals surface area (Å²) >= 11 is 1.28. The van der Waals surface area contributed by atoms with Gasteiger partial charge in [0.05, 0.1) is 18.6 Å². The van der Waals surface area contributed by atoms with E-state index in [-0.39, 0.29) is 17.6 Å². The minimum absolute atomic E-state index is 0.162. The Balaban J connectivity index is 1.46. The number of methoxy groups -OCH3 is 1. The van der Waals surface area contributed by atoms with Gasteiger partial charge in [0, 0.05) is 12.1 Å². The van der Waals surface area contributed by atoms with Crippen molar-refractivity contribution in [1.29, 1.82) is 0 Å². The van der Waals surface area contributed by atoms with Crippen LogP contribution in [0, 0.1) is 0 Å². The van der Waals surface area contributed by atoms with Crippen LogP contribution in [0.25, 0.3) is 23.1 Å². The van der Waals surface area contributed by atoms with Crippen molar-refractivity contribution < 1.29 is 14.1 Å². The maximum Gasteiger partial charge on any atom is 0.296 e. The molecule has 0 aliphatic rings. The van der Waals surface area contributed by atoms with Crippen molar-refractivity contribution in [2.75, 3.05) is 18.2 Å². The highest BCUT2D eigenvalue weighted by Crippen LogP contribution is 2.26. The first-order valence-electron chi connectivity index (χ1n) is 9.58. The molecule has 0 aliphatic carbocycles. The van der Waals surface area contributed by atoms with Crippen molar-refractivity contribution in [3.8, 4) is 28.9 Å². The molecule has 2 aromatic carbocycles. The van der Waals surface area contributed by atoms with E-state index in [0.29, 0.717) is 34.8 Å². The van der Waals surface area contributed by atoms with E-state index < -0.39 is 0 Å². The molecule has 9 nitrogen and oxygen atoms in total. The lowest BCUT2D eigenvalue weighted by molar-refractivity contribution is -0.113. The molecule has 0 aliphatic heterocycles. The number of anilines is 1. The first kappa shape index (κ1) is 20.6. The number of amides is 1. The number of nitrogens with one attached hydrogen (secondary N) is 1. The standard InChI is InChI=1S/C21H20N6O3S/c1-3-27-19(20-23-18(26-30-20)14-9-5-4-6-10-14)24-25-21(27)31-13-17(28)22-15-11-7-8-12-16(15)29-2/h4-12H,3,13H2,1-2H3,(H,22,28). The number of nitrogens with zero attached hydrogens (tertiary/aromatic N) is 5. The quantitative estimate of drug-likeness (QED) is 0.416. The molecule has 0 unspecified atom stereocenters. The van der Waals surface area contributed by atoms with Gasteiger partial charge >= 0.3 is 0 Å². The Labute approximate surface area is 182 Å². The molecule has 0 spiro atoms. The molecule has 2 aromatic heterocycles. The molecule has 0 fully saturated rings. The average Bonchev–Trinajstić information content (AvgIpc) is 3.45. The summed E-state index contributed by atoms with van der Waals surface area (Å²) < 4.78 is 12.5. The van der Waals surface area contributed by atoms with Gasteiger partial charge in [0.2, 0.25) is 17.6 Å². The van der Waals surface area contributed by atoms with Crippen molar-refractivity contribution in [3.05, 3.63) is 54.6 Å². The molecular weight excluding hydrogens is 416 g/mol. The van der Waals surface area contributed by atoms with E-state index in [4.69, 9.17) is 9.26 Å². The Bertz CT molecular complexity index is 1170. The summed E-state index contributed by atoms with van der Waals surface area (Å²) in [5.74, 6) is 1.81. The minimum Gasteiger partial charge on any atom is -0.495 e. The zero-order chi connectivity index (χ0) is 21.6. The summed E-state index contributed by atoms with van der Waals surface area (Å²) in [7, 11) is 1.56. The molecule has 1 N–H and O–H groups in total. The molecule has 2 heterocycles. The van der Waals surface area contributed by atoms with Gasteiger partial charge in [0.1, 0.15) is 5.75 Å². The lowest BCUT2D eigenvalue weighted by Crippen LogP contribution is -2.15. The molecule has 4 rings (SSSR count). The van der Waals surface area contributed by atoms with E-state index in [2.05, 4.69) is 25.7 Å². The Kier molecular flexibility index (Phi) is 6.27. The zero-order valence-corrected chi connectivity index (χ0v) is 17.8. The van der Waals surface area contributed by atoms with Crippen LogP contribution in [0.4, 0.5) is 5.69 Å². The number of benzene rings is 2. The predicted octanol–water partition coefficient (Wildman–Crippen LogP) is 3.75. The average molecular weight is 436 g/mol. The van der Waals surface area contributed by atoms with Crippen molar-refractivity contribution in [1.82, 2.24) is 24.9 Å². The van der Waals surface area contributed by atoms with Crippen LogP contribution in [0.15, 0.2) is 64.3 Å². The number of hydrogen-bond acceptors (Lipinski definition) is 8. The second kappa shape index (κ2) is 9.43. The fourth-order valence-corrected chi connectivity index (χ4v) is 3.72. The van der Waals surface area contributed by atoms with Crippen molar-refractivity contribution in [2.45, 2.75) is 18.6 Å². The number of hydrogen-bond donors (Lipinski definition) is 1. The van der Waals surface area contributed by atoms with Crippen LogP contribution < -0.4 is 10.1 Å². The summed E-state index contributed by atoms with van der Waals surface area (Å²) in [6.07, 6.45) is 0. The molecule has 158 valence electrons. The monoisotopic (exact) mass is 436 g/mol. The van der Waals surface area contributed by atoms with Gasteiger partial charge in [-0.25, -0.2) is 0 Å². The van der Waals surface area contributed by atoms with E-state index in [1.54, 1.807) is 19.2 Å². The molecule has 0 atom stereocenters. The highest BCUT2D eigenvalue weighted by atomic mass is 32.2. The number of carbonyl (C=O) groups is 1. The molecule has 1 amide bonds. The van der Waals surface area contributed by atoms with E-state index in [9.17, 15) is 4.79 Å². The van der Waals surface area contributed by atoms with Crippen LogP contribution in [0.5, 0.6) is 5.75 Å². The summed E-state index contributed by atoms with van der Waals surface area (Å²) in [6.45, 7) is 2.54. The second-order valence-corrected chi connectivity index (χ2v) is 7.32. The lowest BCUT2D eigenvalue weighted by atomic mass is 10.2. The molecular formula is C21H20N6O3S. The topological polar surface area (TPSA) is 108 Å². The first-order valence-corrected chi connectivity index (χ1v) is 10.6. The van der Waals surface area contributed by atoms with Crippen LogP contribution in [0.3, 0.4) is 0 Å². The lowest BCUT2D eigenvalue weighted by Gasteiger charge is -2.09. The van der Waals surface area contributed by atoms with Gasteiger partial charge in [0.25, 0.3) is 5.89 Å². The molecule has 10 heteroatoms. The molecule has 0 saturated carbocycles. The van der Waals surface area contributed by atoms with Crippen LogP contribution in [0.2, 0.25) is 0 Å². The summed E-state index contributed by atoms with van der Waals surface area (Å²) in [5, 5.41) is 15.9. The highest BCUT2D eigenvalue weighted by Gasteiger charge is 2.20. The molecule has 0 bridgehead atoms. The van der Waals surface area contributed by atoms with Crippen LogP contribution in [0.1, 0.15) is 6.92 Å². The number of rotatable bonds is 8. The fourth-order valence-electron chi connectivity index (χ4n) is 2.92. The number of carbonyl (C=O) groups excluding carboxylic acids is 1. The smallest absolute Gasteiger partial charge is 0.296 e. The van der Waals surface area contributed by atoms with Gasteiger partial charge in [-0.1, -0.05) is 59.4 Å². The van der Waals surface area contributed by atoms with Gasteiger partial charge in [-0.05, 0) is 19.1 Å². The predicted molar refractivity (Wildman–Crippen MR) is 117 cm³/mol. The van der Waals surface area contributed by atoms with Gasteiger partial charge in [-0.3, -0.25) is 9.36 Å². The number of para-hydroxylation sites is 2. The van der Waals surface area contributed by atoms with E-state index in [1.807, 2.05) is 54.0 Å². The molecule has 0 saturated heterocycles. The SMILES string of the molecule is CCn1c(SCC(=O)Nc2ccccc2OC)nnc1-c1nc(-c2ccccc2)no1. The second-order valence-electron chi connectivity index (χ2n) is 6.38. The van der Waals surface area contributed by atoms with Crippen molar-refractivity contribution in [2.24, 2.45) is 0 Å². The Morgan fingerprint density at radius 1 is 1.13 bits per heavy atom. The first-order chi connectivity index (χ1) is 15.2.